The molecule has 6 aromatic rings. The lowest BCUT2D eigenvalue weighted by Gasteiger charge is -2.12. The van der Waals surface area contributed by atoms with E-state index in [0.29, 0.717) is 5.52 Å². The average Bonchev–Trinajstić information content (AvgIpc) is 2.72. The van der Waals surface area contributed by atoms with E-state index in [0.717, 1.165) is 31.7 Å². The summed E-state index contributed by atoms with van der Waals surface area (Å²) in [5.74, 6) is 0. The van der Waals surface area contributed by atoms with Crippen LogP contribution in [0.25, 0.3) is 54.0 Å². The minimum absolute atomic E-state index is 0.710. The third kappa shape index (κ3) is 1.92. The number of nitrogens with zero attached hydrogens (tertiary/aromatic N) is 1. The molecule has 2 heteroatoms. The molecule has 0 saturated heterocycles. The van der Waals surface area contributed by atoms with Gasteiger partial charge >= 0.3 is 0 Å². The summed E-state index contributed by atoms with van der Waals surface area (Å²) in [6, 6.07) is 29.3. The molecule has 1 heterocycles. The molecule has 0 fully saturated rings. The standard InChI is InChI=1S/C25H15NO/c27-26-15-19-6-2-4-8-21(19)25-22(26)14-13-18-12-11-17-10-9-16-5-1-3-7-20(16)23(17)24(18)25/h1-15H. The molecule has 1 aromatic heterocycles. The monoisotopic (exact) mass is 345 g/mol. The van der Waals surface area contributed by atoms with Crippen LogP contribution in [-0.4, -0.2) is 0 Å². The van der Waals surface area contributed by atoms with E-state index in [2.05, 4.69) is 60.7 Å². The van der Waals surface area contributed by atoms with Crippen LogP contribution in [0.15, 0.2) is 91.1 Å². The number of hydrogen-bond acceptors (Lipinski definition) is 1. The Labute approximate surface area is 155 Å². The van der Waals surface area contributed by atoms with E-state index >= 15 is 0 Å². The van der Waals surface area contributed by atoms with Crippen molar-refractivity contribution in [3.63, 3.8) is 0 Å². The fourth-order valence-corrected chi connectivity index (χ4v) is 4.39. The number of pyridine rings is 1. The maximum atomic E-state index is 12.8. The second kappa shape index (κ2) is 5.18. The van der Waals surface area contributed by atoms with Gasteiger partial charge in [-0.3, -0.25) is 0 Å². The molecule has 126 valence electrons. The number of fused-ring (bicyclic) bond motifs is 9. The van der Waals surface area contributed by atoms with Gasteiger partial charge in [0.25, 0.3) is 0 Å². The molecule has 0 N–H and O–H groups in total. The van der Waals surface area contributed by atoms with Crippen molar-refractivity contribution in [2.75, 3.05) is 0 Å². The summed E-state index contributed by atoms with van der Waals surface area (Å²) < 4.78 is 1.00. The highest BCUT2D eigenvalue weighted by molar-refractivity contribution is 6.30. The quantitative estimate of drug-likeness (QED) is 0.186. The van der Waals surface area contributed by atoms with Crippen LogP contribution in [0.3, 0.4) is 0 Å². The maximum absolute atomic E-state index is 12.8. The summed E-state index contributed by atoms with van der Waals surface area (Å²) in [5.41, 5.74) is 0.710. The predicted molar refractivity (Wildman–Crippen MR) is 113 cm³/mol. The van der Waals surface area contributed by atoms with E-state index in [1.807, 2.05) is 24.3 Å². The second-order valence-electron chi connectivity index (χ2n) is 7.05. The lowest BCUT2D eigenvalue weighted by Crippen LogP contribution is -2.26. The number of aromatic nitrogens is 1. The van der Waals surface area contributed by atoms with Crippen LogP contribution < -0.4 is 4.73 Å². The highest BCUT2D eigenvalue weighted by atomic mass is 16.5. The Morgan fingerprint density at radius 2 is 1.04 bits per heavy atom. The minimum atomic E-state index is 0.710. The highest BCUT2D eigenvalue weighted by Gasteiger charge is 2.15. The lowest BCUT2D eigenvalue weighted by molar-refractivity contribution is -0.575. The normalized spacial score (nSPS) is 11.9. The largest absolute Gasteiger partial charge is 0.618 e. The third-order valence-corrected chi connectivity index (χ3v) is 5.59. The fourth-order valence-electron chi connectivity index (χ4n) is 4.39. The van der Waals surface area contributed by atoms with Crippen molar-refractivity contribution in [1.29, 1.82) is 0 Å². The van der Waals surface area contributed by atoms with Crippen LogP contribution in [0, 0.1) is 5.21 Å². The zero-order valence-electron chi connectivity index (χ0n) is 14.5. The van der Waals surface area contributed by atoms with Crippen molar-refractivity contribution >= 4 is 54.0 Å². The van der Waals surface area contributed by atoms with Crippen molar-refractivity contribution in [3.05, 3.63) is 96.3 Å². The number of benzene rings is 5. The Morgan fingerprint density at radius 1 is 0.481 bits per heavy atom. The molecule has 6 rings (SSSR count). The van der Waals surface area contributed by atoms with Crippen molar-refractivity contribution in [1.82, 2.24) is 0 Å². The molecule has 0 saturated carbocycles. The van der Waals surface area contributed by atoms with Crippen LogP contribution in [0.4, 0.5) is 0 Å². The van der Waals surface area contributed by atoms with E-state index in [1.54, 1.807) is 6.20 Å². The Bertz CT molecular complexity index is 1530. The van der Waals surface area contributed by atoms with Gasteiger partial charge in [-0.15, -0.1) is 0 Å². The summed E-state index contributed by atoms with van der Waals surface area (Å²) in [6.07, 6.45) is 1.67. The van der Waals surface area contributed by atoms with Crippen molar-refractivity contribution in [2.24, 2.45) is 0 Å². The van der Waals surface area contributed by atoms with E-state index in [-0.39, 0.29) is 0 Å². The summed E-state index contributed by atoms with van der Waals surface area (Å²) in [7, 11) is 0. The topological polar surface area (TPSA) is 26.9 Å². The van der Waals surface area contributed by atoms with Crippen LogP contribution in [-0.2, 0) is 0 Å². The van der Waals surface area contributed by atoms with E-state index in [1.165, 1.54) is 21.5 Å². The van der Waals surface area contributed by atoms with Gasteiger partial charge in [0.1, 0.15) is 0 Å². The molecule has 0 spiro atoms. The molecule has 0 aliphatic heterocycles. The molecule has 27 heavy (non-hydrogen) atoms. The van der Waals surface area contributed by atoms with Gasteiger partial charge in [0.05, 0.1) is 5.39 Å². The molecular formula is C25H15NO. The van der Waals surface area contributed by atoms with Gasteiger partial charge in [-0.1, -0.05) is 66.7 Å². The summed E-state index contributed by atoms with van der Waals surface area (Å²) >= 11 is 0. The molecular weight excluding hydrogens is 330 g/mol. The smallest absolute Gasteiger partial charge is 0.225 e. The van der Waals surface area contributed by atoms with Gasteiger partial charge in [0.2, 0.25) is 5.52 Å². The van der Waals surface area contributed by atoms with Crippen LogP contribution >= 0.6 is 0 Å². The molecule has 0 radical (unpaired) electrons. The van der Waals surface area contributed by atoms with Crippen molar-refractivity contribution in [3.8, 4) is 0 Å². The fraction of sp³-hybridized carbons (Fsp3) is 0. The van der Waals surface area contributed by atoms with Crippen molar-refractivity contribution < 1.29 is 4.73 Å². The number of rotatable bonds is 0. The van der Waals surface area contributed by atoms with Gasteiger partial charge in [0, 0.05) is 22.2 Å². The summed E-state index contributed by atoms with van der Waals surface area (Å²) in [6.45, 7) is 0. The molecule has 0 aliphatic carbocycles. The minimum Gasteiger partial charge on any atom is -0.618 e. The van der Waals surface area contributed by atoms with Gasteiger partial charge in [0.15, 0.2) is 6.20 Å². The summed E-state index contributed by atoms with van der Waals surface area (Å²) in [5, 5.41) is 23.0. The second-order valence-corrected chi connectivity index (χ2v) is 7.05. The summed E-state index contributed by atoms with van der Waals surface area (Å²) in [4.78, 5) is 0. The van der Waals surface area contributed by atoms with E-state index < -0.39 is 0 Å². The first-order chi connectivity index (χ1) is 13.3. The Hall–Kier alpha value is -3.65. The molecule has 0 unspecified atom stereocenters. The van der Waals surface area contributed by atoms with E-state index in [9.17, 15) is 5.21 Å². The predicted octanol–water partition coefficient (Wildman–Crippen LogP) is 6.09. The zero-order chi connectivity index (χ0) is 18.0. The Morgan fingerprint density at radius 3 is 1.81 bits per heavy atom. The first-order valence-corrected chi connectivity index (χ1v) is 9.09. The van der Waals surface area contributed by atoms with E-state index in [4.69, 9.17) is 0 Å². The molecule has 0 aliphatic rings. The maximum Gasteiger partial charge on any atom is 0.225 e. The van der Waals surface area contributed by atoms with Crippen LogP contribution in [0.5, 0.6) is 0 Å². The lowest BCUT2D eigenvalue weighted by atomic mass is 9.92. The average molecular weight is 345 g/mol. The van der Waals surface area contributed by atoms with Crippen LogP contribution in [0.1, 0.15) is 0 Å². The van der Waals surface area contributed by atoms with Gasteiger partial charge in [-0.05, 0) is 39.1 Å². The molecule has 0 bridgehead atoms. The Kier molecular flexibility index (Phi) is 2.78. The third-order valence-electron chi connectivity index (χ3n) is 5.59. The SMILES string of the molecule is [O-][n+]1cc2ccccc2c2c3c(ccc4ccc5ccccc5c43)ccc21. The Balaban J connectivity index is 2.04. The van der Waals surface area contributed by atoms with Gasteiger partial charge < -0.3 is 5.21 Å². The first-order valence-electron chi connectivity index (χ1n) is 9.09. The first kappa shape index (κ1) is 14.5. The number of hydrogen-bond donors (Lipinski definition) is 0. The van der Waals surface area contributed by atoms with Crippen molar-refractivity contribution in [2.45, 2.75) is 0 Å². The highest BCUT2D eigenvalue weighted by Crippen LogP contribution is 2.38. The molecule has 2 nitrogen and oxygen atoms in total. The molecule has 5 aromatic carbocycles. The van der Waals surface area contributed by atoms with Gasteiger partial charge in [-0.25, -0.2) is 0 Å². The molecule has 0 atom stereocenters. The molecule has 0 amide bonds. The zero-order valence-corrected chi connectivity index (χ0v) is 14.5. The van der Waals surface area contributed by atoms with Gasteiger partial charge in [-0.2, -0.15) is 4.73 Å². The van der Waals surface area contributed by atoms with Crippen LogP contribution in [0.2, 0.25) is 0 Å².